The first-order chi connectivity index (χ1) is 8.08. The van der Waals surface area contributed by atoms with E-state index in [9.17, 15) is 4.79 Å². The zero-order valence-corrected chi connectivity index (χ0v) is 10.9. The third-order valence-electron chi connectivity index (χ3n) is 2.63. The highest BCUT2D eigenvalue weighted by molar-refractivity contribution is 5.42. The summed E-state index contributed by atoms with van der Waals surface area (Å²) in [6, 6.07) is 5.84. The second kappa shape index (κ2) is 6.21. The largest absolute Gasteiger partial charge is 0.496 e. The molecule has 0 aromatic heterocycles. The number of carbonyl (C=O) groups excluding carboxylic acids is 1. The molecule has 0 aliphatic rings. The molecule has 0 saturated heterocycles. The third-order valence-corrected chi connectivity index (χ3v) is 2.63. The number of benzene rings is 1. The van der Waals surface area contributed by atoms with E-state index >= 15 is 0 Å². The maximum Gasteiger partial charge on any atom is 0.235 e. The highest BCUT2D eigenvalue weighted by Crippen LogP contribution is 2.29. The number of hydrogen-bond acceptors (Lipinski definition) is 3. The number of rotatable bonds is 5. The number of aliphatic imine (C=N–C) groups is 1. The van der Waals surface area contributed by atoms with E-state index in [1.54, 1.807) is 13.2 Å². The number of nitrogens with zero attached hydrogens (tertiary/aromatic N) is 1. The molecule has 3 nitrogen and oxygen atoms in total. The molecule has 3 heteroatoms. The van der Waals surface area contributed by atoms with Crippen molar-refractivity contribution < 1.29 is 9.53 Å². The minimum absolute atomic E-state index is 0.213. The second-order valence-electron chi connectivity index (χ2n) is 4.57. The van der Waals surface area contributed by atoms with E-state index in [1.807, 2.05) is 13.0 Å². The summed E-state index contributed by atoms with van der Waals surface area (Å²) in [7, 11) is 1.62. The van der Waals surface area contributed by atoms with Crippen LogP contribution in [0.5, 0.6) is 5.75 Å². The van der Waals surface area contributed by atoms with E-state index in [-0.39, 0.29) is 6.04 Å². The molecule has 0 aliphatic carbocycles. The van der Waals surface area contributed by atoms with Crippen LogP contribution in [0.25, 0.3) is 0 Å². The van der Waals surface area contributed by atoms with Crippen LogP contribution >= 0.6 is 0 Å². The molecule has 17 heavy (non-hydrogen) atoms. The first kappa shape index (κ1) is 13.5. The Kier molecular flexibility index (Phi) is 4.92. The Bertz CT molecular complexity index is 420. The van der Waals surface area contributed by atoms with Gasteiger partial charge in [-0.05, 0) is 37.0 Å². The summed E-state index contributed by atoms with van der Waals surface area (Å²) in [5, 5.41) is 0. The SMILES string of the molecule is COc1ccc(CC(C)C)cc1C(C)N=C=O. The topological polar surface area (TPSA) is 38.7 Å². The van der Waals surface area contributed by atoms with Gasteiger partial charge < -0.3 is 4.74 Å². The molecule has 1 aromatic carbocycles. The lowest BCUT2D eigenvalue weighted by atomic mass is 9.98. The highest BCUT2D eigenvalue weighted by Gasteiger charge is 2.11. The smallest absolute Gasteiger partial charge is 0.235 e. The average Bonchev–Trinajstić information content (AvgIpc) is 2.28. The Labute approximate surface area is 103 Å². The van der Waals surface area contributed by atoms with Crippen LogP contribution in [0, 0.1) is 5.92 Å². The van der Waals surface area contributed by atoms with Crippen molar-refractivity contribution in [2.45, 2.75) is 33.2 Å². The number of methoxy groups -OCH3 is 1. The first-order valence-corrected chi connectivity index (χ1v) is 5.82. The monoisotopic (exact) mass is 233 g/mol. The van der Waals surface area contributed by atoms with E-state index in [4.69, 9.17) is 4.74 Å². The summed E-state index contributed by atoms with van der Waals surface area (Å²) < 4.78 is 5.28. The second-order valence-corrected chi connectivity index (χ2v) is 4.57. The van der Waals surface area contributed by atoms with Gasteiger partial charge in [0.1, 0.15) is 5.75 Å². The summed E-state index contributed by atoms with van der Waals surface area (Å²) in [5.74, 6) is 1.37. The normalized spacial score (nSPS) is 12.1. The molecule has 0 spiro atoms. The van der Waals surface area contributed by atoms with Crippen LogP contribution in [0.1, 0.15) is 37.9 Å². The fraction of sp³-hybridized carbons (Fsp3) is 0.500. The van der Waals surface area contributed by atoms with Crippen molar-refractivity contribution >= 4 is 6.08 Å². The van der Waals surface area contributed by atoms with Crippen LogP contribution in [0.2, 0.25) is 0 Å². The van der Waals surface area contributed by atoms with Gasteiger partial charge in [-0.3, -0.25) is 0 Å². The van der Waals surface area contributed by atoms with Crippen molar-refractivity contribution in [3.8, 4) is 5.75 Å². The maximum atomic E-state index is 10.3. The lowest BCUT2D eigenvalue weighted by molar-refractivity contribution is 0.406. The molecule has 1 rings (SSSR count). The molecular formula is C14H19NO2. The van der Waals surface area contributed by atoms with Gasteiger partial charge in [-0.1, -0.05) is 19.9 Å². The van der Waals surface area contributed by atoms with E-state index in [0.29, 0.717) is 5.92 Å². The van der Waals surface area contributed by atoms with Gasteiger partial charge in [-0.15, -0.1) is 0 Å². The maximum absolute atomic E-state index is 10.3. The fourth-order valence-electron chi connectivity index (χ4n) is 1.86. The summed E-state index contributed by atoms with van der Waals surface area (Å²) in [6.07, 6.45) is 2.61. The van der Waals surface area contributed by atoms with Crippen LogP contribution in [0.3, 0.4) is 0 Å². The van der Waals surface area contributed by atoms with Crippen LogP contribution < -0.4 is 4.74 Å². The minimum atomic E-state index is -0.213. The molecule has 0 aliphatic heterocycles. The Balaban J connectivity index is 3.09. The summed E-state index contributed by atoms with van der Waals surface area (Å²) in [5.41, 5.74) is 2.18. The zero-order chi connectivity index (χ0) is 12.8. The summed E-state index contributed by atoms with van der Waals surface area (Å²) >= 11 is 0. The van der Waals surface area contributed by atoms with Gasteiger partial charge in [-0.25, -0.2) is 4.79 Å². The Morgan fingerprint density at radius 1 is 1.35 bits per heavy atom. The van der Waals surface area contributed by atoms with Crippen LogP contribution in [0.4, 0.5) is 0 Å². The number of hydrogen-bond donors (Lipinski definition) is 0. The molecule has 0 radical (unpaired) electrons. The number of ether oxygens (including phenoxy) is 1. The molecular weight excluding hydrogens is 214 g/mol. The molecule has 0 amide bonds. The van der Waals surface area contributed by atoms with Crippen molar-refractivity contribution in [1.82, 2.24) is 0 Å². The lowest BCUT2D eigenvalue weighted by Crippen LogP contribution is -2.00. The van der Waals surface area contributed by atoms with E-state index < -0.39 is 0 Å². The molecule has 0 saturated carbocycles. The molecule has 92 valence electrons. The van der Waals surface area contributed by atoms with E-state index in [2.05, 4.69) is 31.0 Å². The van der Waals surface area contributed by atoms with Crippen molar-refractivity contribution in [3.63, 3.8) is 0 Å². The Morgan fingerprint density at radius 3 is 2.59 bits per heavy atom. The highest BCUT2D eigenvalue weighted by atomic mass is 16.5. The summed E-state index contributed by atoms with van der Waals surface area (Å²) in [4.78, 5) is 14.1. The van der Waals surface area contributed by atoms with Crippen LogP contribution in [-0.4, -0.2) is 13.2 Å². The van der Waals surface area contributed by atoms with Crippen molar-refractivity contribution in [2.24, 2.45) is 10.9 Å². The Hall–Kier alpha value is -1.60. The average molecular weight is 233 g/mol. The molecule has 0 N–H and O–H groups in total. The molecule has 0 bridgehead atoms. The quantitative estimate of drug-likeness (QED) is 0.578. The van der Waals surface area contributed by atoms with Crippen LogP contribution in [-0.2, 0) is 11.2 Å². The summed E-state index contributed by atoms with van der Waals surface area (Å²) in [6.45, 7) is 6.22. The molecule has 1 unspecified atom stereocenters. The molecule has 1 atom stereocenters. The minimum Gasteiger partial charge on any atom is -0.496 e. The lowest BCUT2D eigenvalue weighted by Gasteiger charge is -2.13. The van der Waals surface area contributed by atoms with Gasteiger partial charge >= 0.3 is 0 Å². The standard InChI is InChI=1S/C14H19NO2/c1-10(2)7-12-5-6-14(17-4)13(8-12)11(3)15-9-16/h5-6,8,10-11H,7H2,1-4H3. The van der Waals surface area contributed by atoms with Gasteiger partial charge in [0.05, 0.1) is 13.2 Å². The van der Waals surface area contributed by atoms with Gasteiger partial charge in [-0.2, -0.15) is 4.99 Å². The van der Waals surface area contributed by atoms with Gasteiger partial charge in [0.25, 0.3) is 0 Å². The zero-order valence-electron chi connectivity index (χ0n) is 10.9. The van der Waals surface area contributed by atoms with E-state index in [1.165, 1.54) is 5.56 Å². The molecule has 0 fully saturated rings. The van der Waals surface area contributed by atoms with Gasteiger partial charge in [0.2, 0.25) is 6.08 Å². The van der Waals surface area contributed by atoms with Crippen molar-refractivity contribution in [1.29, 1.82) is 0 Å². The predicted molar refractivity (Wildman–Crippen MR) is 68.1 cm³/mol. The van der Waals surface area contributed by atoms with Crippen molar-refractivity contribution in [3.05, 3.63) is 29.3 Å². The van der Waals surface area contributed by atoms with Gasteiger partial charge in [0, 0.05) is 5.56 Å². The number of isocyanates is 1. The van der Waals surface area contributed by atoms with Crippen LogP contribution in [0.15, 0.2) is 23.2 Å². The molecule has 0 heterocycles. The van der Waals surface area contributed by atoms with E-state index in [0.717, 1.165) is 17.7 Å². The first-order valence-electron chi connectivity index (χ1n) is 5.82. The fourth-order valence-corrected chi connectivity index (χ4v) is 1.86. The Morgan fingerprint density at radius 2 is 2.06 bits per heavy atom. The molecule has 1 aromatic rings. The predicted octanol–water partition coefficient (Wildman–Crippen LogP) is 3.29. The third kappa shape index (κ3) is 3.72. The van der Waals surface area contributed by atoms with Crippen molar-refractivity contribution in [2.75, 3.05) is 7.11 Å². The van der Waals surface area contributed by atoms with Gasteiger partial charge in [0.15, 0.2) is 0 Å².